The van der Waals surface area contributed by atoms with Crippen LogP contribution in [0.1, 0.15) is 68.1 Å². The van der Waals surface area contributed by atoms with E-state index in [4.69, 9.17) is 9.32 Å². The lowest BCUT2D eigenvalue weighted by Crippen LogP contribution is -2.44. The number of hydrogen-bond acceptors (Lipinski definition) is 8. The zero-order valence-electron chi connectivity index (χ0n) is 23.4. The molecule has 1 aromatic carbocycles. The highest BCUT2D eigenvalue weighted by Gasteiger charge is 2.57. The number of aliphatic hydroxyl groups is 1. The molecule has 0 spiro atoms. The van der Waals surface area contributed by atoms with Gasteiger partial charge in [0, 0.05) is 12.4 Å². The Morgan fingerprint density at radius 1 is 1.17 bits per heavy atom. The van der Waals surface area contributed by atoms with E-state index in [1.165, 1.54) is 5.56 Å². The van der Waals surface area contributed by atoms with Crippen LogP contribution in [0.4, 0.5) is 0 Å². The van der Waals surface area contributed by atoms with Crippen LogP contribution < -0.4 is 20.0 Å². The van der Waals surface area contributed by atoms with Gasteiger partial charge in [-0.15, -0.1) is 0 Å². The van der Waals surface area contributed by atoms with E-state index in [0.29, 0.717) is 24.3 Å². The molecule has 0 unspecified atom stereocenters. The Morgan fingerprint density at radius 2 is 1.95 bits per heavy atom. The summed E-state index contributed by atoms with van der Waals surface area (Å²) in [5.41, 5.74) is 3.09. The molecule has 0 bridgehead atoms. The van der Waals surface area contributed by atoms with E-state index >= 15 is 0 Å². The van der Waals surface area contributed by atoms with Gasteiger partial charge in [0.1, 0.15) is 5.75 Å². The summed E-state index contributed by atoms with van der Waals surface area (Å²) in [5.74, 6) is 1.09. The minimum Gasteiger partial charge on any atom is -0.392 e. The fourth-order valence-electron chi connectivity index (χ4n) is 7.79. The molecule has 2 fully saturated rings. The van der Waals surface area contributed by atoms with Gasteiger partial charge in [-0.2, -0.15) is 13.6 Å². The number of amides is 2. The van der Waals surface area contributed by atoms with Gasteiger partial charge in [-0.25, -0.2) is 0 Å². The molecule has 3 aliphatic rings. The number of carbonyl (C=O) groups is 2. The summed E-state index contributed by atoms with van der Waals surface area (Å²) in [5, 5.41) is 22.0. The average molecular weight is 585 g/mol. The van der Waals surface area contributed by atoms with Crippen LogP contribution in [0.3, 0.4) is 0 Å². The van der Waals surface area contributed by atoms with E-state index in [2.05, 4.69) is 22.5 Å². The van der Waals surface area contributed by atoms with Gasteiger partial charge in [-0.3, -0.25) is 19.9 Å². The molecule has 41 heavy (non-hydrogen) atoms. The first-order valence-electron chi connectivity index (χ1n) is 14.5. The number of benzene rings is 1. The van der Waals surface area contributed by atoms with Gasteiger partial charge in [0.05, 0.1) is 19.1 Å². The van der Waals surface area contributed by atoms with Crippen LogP contribution >= 0.6 is 0 Å². The topological polar surface area (TPSA) is 161 Å². The molecular weight excluding hydrogens is 544 g/mol. The van der Waals surface area contributed by atoms with Crippen molar-refractivity contribution in [1.29, 1.82) is 0 Å². The van der Waals surface area contributed by atoms with Crippen LogP contribution in [0.15, 0.2) is 42.7 Å². The predicted molar refractivity (Wildman–Crippen MR) is 153 cm³/mol. The van der Waals surface area contributed by atoms with Crippen molar-refractivity contribution in [3.8, 4) is 5.75 Å². The first kappa shape index (κ1) is 29.6. The van der Waals surface area contributed by atoms with Crippen molar-refractivity contribution in [2.45, 2.75) is 70.3 Å². The fourth-order valence-corrected chi connectivity index (χ4v) is 8.17. The minimum atomic E-state index is -4.06. The summed E-state index contributed by atoms with van der Waals surface area (Å²) in [6.45, 7) is 2.96. The van der Waals surface area contributed by atoms with Crippen molar-refractivity contribution >= 4 is 22.1 Å². The Morgan fingerprint density at radius 3 is 2.71 bits per heavy atom. The highest BCUT2D eigenvalue weighted by Crippen LogP contribution is 2.62. The maximum absolute atomic E-state index is 12.1. The van der Waals surface area contributed by atoms with Gasteiger partial charge < -0.3 is 14.6 Å². The normalized spacial score (nSPS) is 28.7. The largest absolute Gasteiger partial charge is 0.392 e. The fraction of sp³-hybridized carbons (Fsp3) is 0.567. The van der Waals surface area contributed by atoms with Crippen molar-refractivity contribution in [1.82, 2.24) is 15.6 Å². The van der Waals surface area contributed by atoms with Gasteiger partial charge >= 0.3 is 10.3 Å². The molecule has 5 rings (SSSR count). The third kappa shape index (κ3) is 6.80. The number of imide groups is 1. The molecule has 0 saturated heterocycles. The van der Waals surface area contributed by atoms with Crippen molar-refractivity contribution in [3.63, 3.8) is 0 Å². The highest BCUT2D eigenvalue weighted by molar-refractivity contribution is 7.84. The van der Waals surface area contributed by atoms with Gasteiger partial charge in [0.15, 0.2) is 0 Å². The number of aliphatic hydroxyl groups excluding tert-OH is 1. The van der Waals surface area contributed by atoms with Crippen LogP contribution in [0.5, 0.6) is 5.75 Å². The Labute approximate surface area is 241 Å². The zero-order chi connectivity index (χ0) is 29.2. The number of rotatable bonds is 10. The Balaban J connectivity index is 1.10. The number of hydrogen-bond donors (Lipinski definition) is 4. The van der Waals surface area contributed by atoms with Gasteiger partial charge in [0.25, 0.3) is 0 Å². The van der Waals surface area contributed by atoms with Crippen LogP contribution in [0.2, 0.25) is 0 Å². The first-order chi connectivity index (χ1) is 19.5. The van der Waals surface area contributed by atoms with Crippen LogP contribution in [0, 0.1) is 23.2 Å². The SMILES string of the molecule is C[C@]12CC[C@@H]3c4ccc(OS(N)(=O)=O)cc4CC[C@H]3[C@@H]1C[C@H](CCCNCC(=O)NC(=O)Cc1ccncc1)[C@@H]2O. The van der Waals surface area contributed by atoms with Crippen molar-refractivity contribution in [2.24, 2.45) is 28.3 Å². The lowest BCUT2D eigenvalue weighted by molar-refractivity contribution is -0.129. The Hall–Kier alpha value is -2.86. The standard InChI is InChI=1S/C30H40N4O6S/c1-30-11-8-24-23-7-5-22(40-41(31,38)39)16-20(23)4-6-25(24)26(30)17-21(29(30)37)3-2-12-33-18-28(36)34-27(35)15-19-9-13-32-14-10-19/h5,7,9-10,13-14,16,21,24-26,29,33,37H,2-4,6,8,11-12,15,17-18H2,1H3,(H2,31,38,39)(H,34,35,36)/t21-,24+,25+,26-,29-,30-/m0/s1. The number of pyridine rings is 1. The van der Waals surface area contributed by atoms with Crippen LogP contribution in [-0.2, 0) is 32.7 Å². The summed E-state index contributed by atoms with van der Waals surface area (Å²) in [6, 6.07) is 8.98. The van der Waals surface area contributed by atoms with Crippen LogP contribution in [-0.4, -0.2) is 49.5 Å². The monoisotopic (exact) mass is 584 g/mol. The number of aromatic nitrogens is 1. The molecule has 11 heteroatoms. The summed E-state index contributed by atoms with van der Waals surface area (Å²) in [7, 11) is -4.06. The molecule has 1 aromatic heterocycles. The molecule has 1 heterocycles. The second kappa shape index (κ2) is 12.2. The zero-order valence-corrected chi connectivity index (χ0v) is 24.2. The van der Waals surface area contributed by atoms with Crippen molar-refractivity contribution in [2.75, 3.05) is 13.1 Å². The second-order valence-electron chi connectivity index (χ2n) is 12.2. The number of nitrogens with one attached hydrogen (secondary N) is 2. The molecular formula is C30H40N4O6S. The van der Waals surface area contributed by atoms with E-state index in [9.17, 15) is 23.1 Å². The Bertz CT molecular complexity index is 1370. The molecule has 2 saturated carbocycles. The third-order valence-corrected chi connectivity index (χ3v) is 10.1. The van der Waals surface area contributed by atoms with Gasteiger partial charge in [0.2, 0.25) is 11.8 Å². The lowest BCUT2D eigenvalue weighted by Gasteiger charge is -2.50. The predicted octanol–water partition coefficient (Wildman–Crippen LogP) is 2.36. The molecule has 222 valence electrons. The third-order valence-electron chi connectivity index (χ3n) is 9.63. The number of aryl methyl sites for hydroxylation is 1. The number of fused-ring (bicyclic) bond motifs is 5. The van der Waals surface area contributed by atoms with E-state index in [-0.39, 0.29) is 48.0 Å². The summed E-state index contributed by atoms with van der Waals surface area (Å²) in [4.78, 5) is 28.1. The summed E-state index contributed by atoms with van der Waals surface area (Å²) < 4.78 is 27.6. The number of nitrogens with zero attached hydrogens (tertiary/aromatic N) is 1. The van der Waals surface area contributed by atoms with Crippen LogP contribution in [0.25, 0.3) is 0 Å². The van der Waals surface area contributed by atoms with E-state index in [1.807, 2.05) is 6.07 Å². The Kier molecular flexibility index (Phi) is 8.79. The molecule has 5 N–H and O–H groups in total. The molecule has 2 amide bonds. The lowest BCUT2D eigenvalue weighted by atomic mass is 9.55. The maximum atomic E-state index is 12.1. The van der Waals surface area contributed by atoms with Gasteiger partial charge in [-0.05, 0) is 122 Å². The average Bonchev–Trinajstić information content (AvgIpc) is 3.17. The van der Waals surface area contributed by atoms with E-state index < -0.39 is 10.3 Å². The molecule has 0 radical (unpaired) electrons. The quantitative estimate of drug-likeness (QED) is 0.310. The van der Waals surface area contributed by atoms with Crippen molar-refractivity contribution in [3.05, 3.63) is 59.4 Å². The minimum absolute atomic E-state index is 0.0722. The smallest absolute Gasteiger partial charge is 0.380 e. The summed E-state index contributed by atoms with van der Waals surface area (Å²) in [6.07, 6.45) is 9.53. The van der Waals surface area contributed by atoms with E-state index in [0.717, 1.165) is 56.1 Å². The first-order valence-corrected chi connectivity index (χ1v) is 16.0. The highest BCUT2D eigenvalue weighted by atomic mass is 32.2. The van der Waals surface area contributed by atoms with E-state index in [1.54, 1.807) is 36.7 Å². The second-order valence-corrected chi connectivity index (χ2v) is 13.3. The number of nitrogens with two attached hydrogens (primary N) is 1. The molecule has 0 aliphatic heterocycles. The molecule has 2 aromatic rings. The summed E-state index contributed by atoms with van der Waals surface area (Å²) >= 11 is 0. The molecule has 6 atom stereocenters. The molecule has 10 nitrogen and oxygen atoms in total. The molecule has 3 aliphatic carbocycles. The van der Waals surface area contributed by atoms with Crippen molar-refractivity contribution < 1.29 is 27.3 Å². The van der Waals surface area contributed by atoms with Gasteiger partial charge in [-0.1, -0.05) is 13.0 Å². The maximum Gasteiger partial charge on any atom is 0.380 e. The number of carbonyl (C=O) groups excluding carboxylic acids is 2.